The zero-order valence-electron chi connectivity index (χ0n) is 23.3. The highest BCUT2D eigenvalue weighted by molar-refractivity contribution is 8.00. The van der Waals surface area contributed by atoms with Gasteiger partial charge in [-0.25, -0.2) is 0 Å². The molecule has 2 heterocycles. The molecule has 2 rings (SSSR count). The Labute approximate surface area is 229 Å². The van der Waals surface area contributed by atoms with Gasteiger partial charge in [0.2, 0.25) is 11.8 Å². The van der Waals surface area contributed by atoms with Crippen LogP contribution in [-0.2, 0) is 28.0 Å². The van der Waals surface area contributed by atoms with Gasteiger partial charge in [0.15, 0.2) is 16.6 Å². The van der Waals surface area contributed by atoms with E-state index in [4.69, 9.17) is 8.85 Å². The van der Waals surface area contributed by atoms with Crippen LogP contribution >= 0.6 is 24.4 Å². The minimum Gasteiger partial charge on any atom is -0.418 e. The Bertz CT molecular complexity index is 747. The fourth-order valence-corrected chi connectivity index (χ4v) is 9.26. The lowest BCUT2D eigenvalue weighted by molar-refractivity contribution is -0.137. The summed E-state index contributed by atoms with van der Waals surface area (Å²) in [6, 6.07) is 2.35. The minimum absolute atomic E-state index is 0.0358. The van der Waals surface area contributed by atoms with Crippen LogP contribution in [0.4, 0.5) is 0 Å². The van der Waals surface area contributed by atoms with Gasteiger partial charge in [0.25, 0.3) is 11.8 Å². The van der Waals surface area contributed by atoms with Crippen LogP contribution in [0, 0.1) is 0 Å². The van der Waals surface area contributed by atoms with Gasteiger partial charge in [-0.15, -0.1) is 11.8 Å². The zero-order valence-corrected chi connectivity index (χ0v) is 27.0. The van der Waals surface area contributed by atoms with E-state index in [0.29, 0.717) is 6.42 Å². The van der Waals surface area contributed by atoms with E-state index < -0.39 is 16.6 Å². The van der Waals surface area contributed by atoms with E-state index in [9.17, 15) is 19.2 Å². The van der Waals surface area contributed by atoms with Crippen molar-refractivity contribution in [2.24, 2.45) is 0 Å². The normalized spacial score (nSPS) is 17.9. The maximum Gasteiger partial charge on any atom is 0.253 e. The molecule has 1 saturated heterocycles. The van der Waals surface area contributed by atoms with Crippen LogP contribution in [0.25, 0.3) is 0 Å². The number of rotatable bonds is 12. The van der Waals surface area contributed by atoms with Gasteiger partial charge >= 0.3 is 0 Å². The molecule has 0 aromatic rings. The van der Waals surface area contributed by atoms with E-state index >= 15 is 0 Å². The summed E-state index contributed by atoms with van der Waals surface area (Å²) in [5.41, 5.74) is 0. The molecule has 1 unspecified atom stereocenters. The van der Waals surface area contributed by atoms with E-state index in [1.807, 2.05) is 6.92 Å². The number of carbonyl (C=O) groups excluding carboxylic acids is 4. The Morgan fingerprint density at radius 1 is 0.889 bits per heavy atom. The van der Waals surface area contributed by atoms with Gasteiger partial charge in [-0.3, -0.25) is 29.0 Å². The fourth-order valence-electron chi connectivity index (χ4n) is 3.48. The summed E-state index contributed by atoms with van der Waals surface area (Å²) in [5.74, 6) is 1.35. The smallest absolute Gasteiger partial charge is 0.253 e. The number of nitrogens with zero attached hydrogens (tertiary/aromatic N) is 2. The average Bonchev–Trinajstić information content (AvgIpc) is 3.23. The van der Waals surface area contributed by atoms with Crippen LogP contribution in [0.2, 0.25) is 38.3 Å². The highest BCUT2D eigenvalue weighted by Gasteiger charge is 2.36. The molecule has 0 radical (unpaired) electrons. The van der Waals surface area contributed by atoms with E-state index in [0.717, 1.165) is 42.1 Å². The average molecular weight is 579 g/mol. The van der Waals surface area contributed by atoms with Crippen molar-refractivity contribution in [3.8, 4) is 0 Å². The molecule has 1 atom stereocenters. The summed E-state index contributed by atoms with van der Waals surface area (Å²) in [6.07, 6.45) is 5.13. The second-order valence-corrected chi connectivity index (χ2v) is 20.1. The molecule has 1 fully saturated rings. The van der Waals surface area contributed by atoms with Crippen molar-refractivity contribution in [1.29, 1.82) is 0 Å². The number of hydrogen-bond acceptors (Lipinski definition) is 8. The van der Waals surface area contributed by atoms with E-state index in [2.05, 4.69) is 45.7 Å². The first-order valence-electron chi connectivity index (χ1n) is 12.5. The van der Waals surface area contributed by atoms with E-state index in [1.165, 1.54) is 36.6 Å². The standard InChI is InChI=1S/C12H23NO3SSi.C7H18OSSi.C5H5NO2/c1-5-16-18(3,4)8-6-7-17-10-9-11(14)13(2)12(10)15;1-4-8-10(2,3)7-5-6-9;1-6-4(7)2-3-5(6)8/h10H,5-9H2,1-4H3;9H,4-7H2,1-3H3;2-3H,1H3. The second-order valence-electron chi connectivity index (χ2n) is 9.74. The molecule has 0 spiro atoms. The van der Waals surface area contributed by atoms with Crippen LogP contribution in [0.1, 0.15) is 33.1 Å². The number of thioether (sulfide) groups is 1. The lowest BCUT2D eigenvalue weighted by atomic mass is 10.4. The molecule has 0 saturated carbocycles. The molecule has 0 aliphatic carbocycles. The number of imide groups is 2. The lowest BCUT2D eigenvalue weighted by Crippen LogP contribution is -2.30. The Balaban J connectivity index is 0.000000571. The molecule has 12 heteroatoms. The number of carbonyl (C=O) groups is 4. The SMILES string of the molecule is CCO[Si](C)(C)CCCS.CCO[Si](C)(C)CCCSC1CC(=O)N(C)C1=O.CN1C(=O)C=CC1=O. The topological polar surface area (TPSA) is 93.2 Å². The highest BCUT2D eigenvalue weighted by Crippen LogP contribution is 2.26. The quantitative estimate of drug-likeness (QED) is 0.161. The molecule has 4 amide bonds. The van der Waals surface area contributed by atoms with Gasteiger partial charge < -0.3 is 8.85 Å². The molecule has 2 aliphatic heterocycles. The van der Waals surface area contributed by atoms with E-state index in [1.54, 1.807) is 18.8 Å². The molecule has 36 heavy (non-hydrogen) atoms. The summed E-state index contributed by atoms with van der Waals surface area (Å²) >= 11 is 5.78. The fraction of sp³-hybridized carbons (Fsp3) is 0.750. The maximum atomic E-state index is 11.7. The summed E-state index contributed by atoms with van der Waals surface area (Å²) in [6.45, 7) is 14.7. The monoisotopic (exact) mass is 578 g/mol. The third-order valence-electron chi connectivity index (χ3n) is 5.62. The molecule has 0 bridgehead atoms. The first kappa shape index (κ1) is 35.1. The minimum atomic E-state index is -1.50. The number of thiol groups is 1. The maximum absolute atomic E-state index is 11.7. The van der Waals surface area contributed by atoms with Crippen molar-refractivity contribution in [2.45, 2.75) is 76.6 Å². The number of likely N-dealkylation sites (N-methyl/N-ethyl adjacent to an activating group) is 1. The predicted octanol–water partition coefficient (Wildman–Crippen LogP) is 4.20. The van der Waals surface area contributed by atoms with Crippen molar-refractivity contribution in [2.75, 3.05) is 38.8 Å². The van der Waals surface area contributed by atoms with Gasteiger partial charge in [0.05, 0.1) is 5.25 Å². The Morgan fingerprint density at radius 2 is 1.36 bits per heavy atom. The Kier molecular flexibility index (Phi) is 17.1. The molecule has 2 aliphatic rings. The third-order valence-corrected chi connectivity index (χ3v) is 12.5. The summed E-state index contributed by atoms with van der Waals surface area (Å²) < 4.78 is 11.4. The van der Waals surface area contributed by atoms with Crippen LogP contribution in [-0.4, -0.2) is 94.1 Å². The molecule has 0 aromatic heterocycles. The Morgan fingerprint density at radius 3 is 1.69 bits per heavy atom. The van der Waals surface area contributed by atoms with E-state index in [-0.39, 0.29) is 28.9 Å². The van der Waals surface area contributed by atoms with Gasteiger partial charge in [-0.1, -0.05) is 0 Å². The number of likely N-dealkylation sites (tertiary alicyclic amines) is 1. The molecular weight excluding hydrogens is 533 g/mol. The molecule has 8 nitrogen and oxygen atoms in total. The summed E-state index contributed by atoms with van der Waals surface area (Å²) in [5, 5.41) is -0.153. The first-order chi connectivity index (χ1) is 16.7. The predicted molar refractivity (Wildman–Crippen MR) is 156 cm³/mol. The van der Waals surface area contributed by atoms with Crippen LogP contribution in [0.3, 0.4) is 0 Å². The first-order valence-corrected chi connectivity index (χ1v) is 20.4. The largest absolute Gasteiger partial charge is 0.418 e. The van der Waals surface area contributed by atoms with Crippen molar-refractivity contribution in [3.63, 3.8) is 0 Å². The number of hydrogen-bond donors (Lipinski definition) is 1. The summed E-state index contributed by atoms with van der Waals surface area (Å²) in [4.78, 5) is 46.1. The van der Waals surface area contributed by atoms with Gasteiger partial charge in [-0.05, 0) is 76.5 Å². The Hall–Kier alpha value is -0.926. The van der Waals surface area contributed by atoms with Crippen LogP contribution in [0.15, 0.2) is 12.2 Å². The van der Waals surface area contributed by atoms with Gasteiger partial charge in [0, 0.05) is 45.9 Å². The third kappa shape index (κ3) is 14.1. The summed E-state index contributed by atoms with van der Waals surface area (Å²) in [7, 11) is 0.242. The molecular formula is C24H46N2O6S2Si2. The highest BCUT2D eigenvalue weighted by atomic mass is 32.2. The van der Waals surface area contributed by atoms with Gasteiger partial charge in [0.1, 0.15) is 0 Å². The van der Waals surface area contributed by atoms with Crippen molar-refractivity contribution in [3.05, 3.63) is 12.2 Å². The van der Waals surface area contributed by atoms with Crippen LogP contribution in [0.5, 0.6) is 0 Å². The molecule has 208 valence electrons. The number of amides is 4. The van der Waals surface area contributed by atoms with Crippen molar-refractivity contribution >= 4 is 64.7 Å². The molecule has 0 N–H and O–H groups in total. The second kappa shape index (κ2) is 17.6. The van der Waals surface area contributed by atoms with Gasteiger partial charge in [-0.2, -0.15) is 12.6 Å². The van der Waals surface area contributed by atoms with Crippen molar-refractivity contribution in [1.82, 2.24) is 9.80 Å². The lowest BCUT2D eigenvalue weighted by Gasteiger charge is -2.21. The molecule has 0 aromatic carbocycles. The van der Waals surface area contributed by atoms with Crippen LogP contribution < -0.4 is 0 Å². The zero-order chi connectivity index (χ0) is 27.9. The van der Waals surface area contributed by atoms with Crippen molar-refractivity contribution < 1.29 is 28.0 Å².